The monoisotopic (exact) mass is 278 g/mol. The molecule has 1 aliphatic heterocycles. The molecule has 3 heterocycles. The molecule has 0 aliphatic carbocycles. The molecule has 104 valence electrons. The predicted octanol–water partition coefficient (Wildman–Crippen LogP) is 2.48. The Bertz CT molecular complexity index is 796. The highest BCUT2D eigenvalue weighted by molar-refractivity contribution is 6.01. The van der Waals surface area contributed by atoms with Gasteiger partial charge in [-0.25, -0.2) is 4.98 Å². The van der Waals surface area contributed by atoms with Gasteiger partial charge in [-0.05, 0) is 36.8 Å². The SMILES string of the molecule is O=C1C(c2ccccn2)CCN1c1ccc2nc[nH]c2c1. The van der Waals surface area contributed by atoms with Crippen molar-refractivity contribution >= 4 is 22.6 Å². The zero-order chi connectivity index (χ0) is 14.2. The number of amides is 1. The first kappa shape index (κ1) is 12.1. The maximum absolute atomic E-state index is 12.6. The Labute approximate surface area is 121 Å². The number of hydrogen-bond donors (Lipinski definition) is 1. The number of nitrogens with one attached hydrogen (secondary N) is 1. The van der Waals surface area contributed by atoms with Crippen molar-refractivity contribution in [1.82, 2.24) is 15.0 Å². The van der Waals surface area contributed by atoms with E-state index in [1.807, 2.05) is 41.3 Å². The van der Waals surface area contributed by atoms with Gasteiger partial charge in [0.2, 0.25) is 5.91 Å². The number of benzene rings is 1. The van der Waals surface area contributed by atoms with E-state index in [1.165, 1.54) is 0 Å². The summed E-state index contributed by atoms with van der Waals surface area (Å²) in [5.74, 6) is -0.0174. The summed E-state index contributed by atoms with van der Waals surface area (Å²) in [6.07, 6.45) is 4.20. The van der Waals surface area contributed by atoms with Crippen LogP contribution in [0, 0.1) is 0 Å². The summed E-state index contributed by atoms with van der Waals surface area (Å²) in [6.45, 7) is 0.722. The van der Waals surface area contributed by atoms with Crippen LogP contribution in [0.5, 0.6) is 0 Å². The number of rotatable bonds is 2. The molecule has 5 nitrogen and oxygen atoms in total. The Balaban J connectivity index is 1.66. The van der Waals surface area contributed by atoms with Crippen molar-refractivity contribution < 1.29 is 4.79 Å². The lowest BCUT2D eigenvalue weighted by molar-refractivity contribution is -0.118. The minimum absolute atomic E-state index is 0.118. The number of anilines is 1. The number of carbonyl (C=O) groups is 1. The molecule has 0 saturated carbocycles. The second-order valence-electron chi connectivity index (χ2n) is 5.19. The van der Waals surface area contributed by atoms with Gasteiger partial charge in [-0.15, -0.1) is 0 Å². The number of nitrogens with zero attached hydrogens (tertiary/aromatic N) is 3. The highest BCUT2D eigenvalue weighted by atomic mass is 16.2. The Morgan fingerprint density at radius 2 is 2.14 bits per heavy atom. The summed E-state index contributed by atoms with van der Waals surface area (Å²) < 4.78 is 0. The van der Waals surface area contributed by atoms with E-state index in [-0.39, 0.29) is 11.8 Å². The fourth-order valence-electron chi connectivity index (χ4n) is 2.88. The first-order valence-corrected chi connectivity index (χ1v) is 6.98. The summed E-state index contributed by atoms with van der Waals surface area (Å²) in [5.41, 5.74) is 3.62. The molecule has 0 spiro atoms. The topological polar surface area (TPSA) is 61.9 Å². The molecule has 1 amide bonds. The Hall–Kier alpha value is -2.69. The van der Waals surface area contributed by atoms with Gasteiger partial charge in [-0.2, -0.15) is 0 Å². The van der Waals surface area contributed by atoms with Crippen molar-refractivity contribution in [1.29, 1.82) is 0 Å². The van der Waals surface area contributed by atoms with Gasteiger partial charge in [0.05, 0.1) is 29.0 Å². The number of pyridine rings is 1. The van der Waals surface area contributed by atoms with E-state index in [1.54, 1.807) is 12.5 Å². The molecule has 1 fully saturated rings. The number of fused-ring (bicyclic) bond motifs is 1. The number of carbonyl (C=O) groups excluding carboxylic acids is 1. The van der Waals surface area contributed by atoms with Crippen molar-refractivity contribution in [3.63, 3.8) is 0 Å². The number of aromatic amines is 1. The summed E-state index contributed by atoms with van der Waals surface area (Å²) >= 11 is 0. The number of hydrogen-bond acceptors (Lipinski definition) is 3. The molecule has 1 atom stereocenters. The minimum Gasteiger partial charge on any atom is -0.345 e. The Morgan fingerprint density at radius 3 is 3.00 bits per heavy atom. The fraction of sp³-hybridized carbons (Fsp3) is 0.188. The van der Waals surface area contributed by atoms with E-state index in [9.17, 15) is 4.79 Å². The van der Waals surface area contributed by atoms with Gasteiger partial charge in [0.15, 0.2) is 0 Å². The van der Waals surface area contributed by atoms with Gasteiger partial charge in [0.1, 0.15) is 0 Å². The van der Waals surface area contributed by atoms with Crippen LogP contribution in [-0.4, -0.2) is 27.4 Å². The Kier molecular flexibility index (Phi) is 2.70. The predicted molar refractivity (Wildman–Crippen MR) is 80.0 cm³/mol. The minimum atomic E-state index is -0.135. The molecule has 1 unspecified atom stereocenters. The maximum atomic E-state index is 12.6. The van der Waals surface area contributed by atoms with Gasteiger partial charge in [0.25, 0.3) is 0 Å². The molecule has 1 saturated heterocycles. The van der Waals surface area contributed by atoms with E-state index >= 15 is 0 Å². The first-order valence-electron chi connectivity index (χ1n) is 6.98. The highest BCUT2D eigenvalue weighted by Crippen LogP contribution is 2.32. The number of H-pyrrole nitrogens is 1. The lowest BCUT2D eigenvalue weighted by Gasteiger charge is -2.16. The fourth-order valence-corrected chi connectivity index (χ4v) is 2.88. The average Bonchev–Trinajstić information content (AvgIpc) is 3.13. The molecule has 3 aromatic rings. The van der Waals surface area contributed by atoms with Crippen molar-refractivity contribution in [3.05, 3.63) is 54.6 Å². The maximum Gasteiger partial charge on any atom is 0.236 e. The van der Waals surface area contributed by atoms with Crippen LogP contribution in [0.25, 0.3) is 11.0 Å². The second-order valence-corrected chi connectivity index (χ2v) is 5.19. The standard InChI is InChI=1S/C16H14N4O/c21-16-12(13-3-1-2-7-17-13)6-8-20(16)11-4-5-14-15(9-11)19-10-18-14/h1-5,7,9-10,12H,6,8H2,(H,18,19). The van der Waals surface area contributed by atoms with Crippen LogP contribution in [0.2, 0.25) is 0 Å². The molecule has 1 N–H and O–H groups in total. The van der Waals surface area contributed by atoms with Crippen molar-refractivity contribution in [2.24, 2.45) is 0 Å². The molecule has 4 rings (SSSR count). The highest BCUT2D eigenvalue weighted by Gasteiger charge is 2.34. The molecule has 1 aromatic carbocycles. The smallest absolute Gasteiger partial charge is 0.236 e. The van der Waals surface area contributed by atoms with E-state index in [0.29, 0.717) is 0 Å². The lowest BCUT2D eigenvalue weighted by atomic mass is 10.0. The number of aromatic nitrogens is 3. The van der Waals surface area contributed by atoms with Crippen LogP contribution in [0.1, 0.15) is 18.0 Å². The van der Waals surface area contributed by atoms with Crippen LogP contribution < -0.4 is 4.90 Å². The molecule has 0 bridgehead atoms. The van der Waals surface area contributed by atoms with Crippen LogP contribution in [0.4, 0.5) is 5.69 Å². The summed E-state index contributed by atoms with van der Waals surface area (Å²) in [4.78, 5) is 26.1. The average molecular weight is 278 g/mol. The summed E-state index contributed by atoms with van der Waals surface area (Å²) in [6, 6.07) is 11.6. The van der Waals surface area contributed by atoms with Crippen LogP contribution in [-0.2, 0) is 4.79 Å². The summed E-state index contributed by atoms with van der Waals surface area (Å²) in [5, 5.41) is 0. The molecule has 1 aliphatic rings. The van der Waals surface area contributed by atoms with Crippen LogP contribution >= 0.6 is 0 Å². The lowest BCUT2D eigenvalue weighted by Crippen LogP contribution is -2.26. The number of imidazole rings is 1. The molecule has 2 aromatic heterocycles. The van der Waals surface area contributed by atoms with E-state index in [0.717, 1.165) is 35.4 Å². The van der Waals surface area contributed by atoms with E-state index < -0.39 is 0 Å². The van der Waals surface area contributed by atoms with Crippen LogP contribution in [0.3, 0.4) is 0 Å². The third-order valence-corrected chi connectivity index (χ3v) is 3.97. The third kappa shape index (κ3) is 1.98. The zero-order valence-electron chi connectivity index (χ0n) is 11.4. The third-order valence-electron chi connectivity index (χ3n) is 3.97. The van der Waals surface area contributed by atoms with Crippen molar-refractivity contribution in [2.45, 2.75) is 12.3 Å². The van der Waals surface area contributed by atoms with Crippen molar-refractivity contribution in [2.75, 3.05) is 11.4 Å². The second kappa shape index (κ2) is 4.70. The quantitative estimate of drug-likeness (QED) is 0.783. The van der Waals surface area contributed by atoms with Crippen molar-refractivity contribution in [3.8, 4) is 0 Å². The van der Waals surface area contributed by atoms with Gasteiger partial charge in [0, 0.05) is 18.4 Å². The van der Waals surface area contributed by atoms with E-state index in [4.69, 9.17) is 0 Å². The largest absolute Gasteiger partial charge is 0.345 e. The molecule has 0 radical (unpaired) electrons. The van der Waals surface area contributed by atoms with Gasteiger partial charge in [-0.3, -0.25) is 9.78 Å². The molecular weight excluding hydrogens is 264 g/mol. The summed E-state index contributed by atoms with van der Waals surface area (Å²) in [7, 11) is 0. The zero-order valence-corrected chi connectivity index (χ0v) is 11.4. The molecular formula is C16H14N4O. The van der Waals surface area contributed by atoms with Gasteiger partial charge < -0.3 is 9.88 Å². The van der Waals surface area contributed by atoms with E-state index in [2.05, 4.69) is 15.0 Å². The molecule has 21 heavy (non-hydrogen) atoms. The first-order chi connectivity index (χ1) is 10.3. The normalized spacial score (nSPS) is 18.6. The molecule has 5 heteroatoms. The Morgan fingerprint density at radius 1 is 1.19 bits per heavy atom. The van der Waals surface area contributed by atoms with Gasteiger partial charge >= 0.3 is 0 Å². The van der Waals surface area contributed by atoms with Crippen LogP contribution in [0.15, 0.2) is 48.9 Å². The van der Waals surface area contributed by atoms with Gasteiger partial charge in [-0.1, -0.05) is 6.07 Å².